The lowest BCUT2D eigenvalue weighted by Crippen LogP contribution is -2.38. The van der Waals surface area contributed by atoms with Crippen molar-refractivity contribution in [2.45, 2.75) is 43.7 Å². The van der Waals surface area contributed by atoms with Crippen molar-refractivity contribution >= 4 is 21.9 Å². The van der Waals surface area contributed by atoms with E-state index in [1.54, 1.807) is 6.92 Å². The number of hydrogen-bond donors (Lipinski definition) is 3. The number of aliphatic carboxylic acids is 1. The molecule has 0 saturated heterocycles. The van der Waals surface area contributed by atoms with Gasteiger partial charge in [0.2, 0.25) is 10.0 Å². The van der Waals surface area contributed by atoms with E-state index in [2.05, 4.69) is 10.0 Å². The Kier molecular flexibility index (Phi) is 4.52. The Morgan fingerprint density at radius 3 is 2.50 bits per heavy atom. The smallest absolute Gasteiger partial charge is 0.325 e. The molecule has 1 atom stereocenters. The van der Waals surface area contributed by atoms with Gasteiger partial charge in [0.15, 0.2) is 0 Å². The van der Waals surface area contributed by atoms with Crippen LogP contribution in [0.1, 0.15) is 35.7 Å². The number of carboxylic acid groups (broad SMARTS) is 1. The fraction of sp³-hybridized carbons (Fsp3) is 0.429. The van der Waals surface area contributed by atoms with Crippen LogP contribution < -0.4 is 10.0 Å². The van der Waals surface area contributed by atoms with E-state index in [0.29, 0.717) is 5.56 Å². The van der Waals surface area contributed by atoms with Gasteiger partial charge in [-0.15, -0.1) is 0 Å². The van der Waals surface area contributed by atoms with E-state index >= 15 is 0 Å². The number of amides is 1. The van der Waals surface area contributed by atoms with E-state index in [-0.39, 0.29) is 16.5 Å². The summed E-state index contributed by atoms with van der Waals surface area (Å²) in [6.45, 7) is 3.00. The third-order valence-corrected chi connectivity index (χ3v) is 4.90. The highest BCUT2D eigenvalue weighted by Gasteiger charge is 2.28. The molecule has 0 unspecified atom stereocenters. The molecule has 1 aliphatic rings. The van der Waals surface area contributed by atoms with E-state index in [4.69, 9.17) is 5.11 Å². The van der Waals surface area contributed by atoms with E-state index in [0.717, 1.165) is 12.8 Å². The molecule has 1 aromatic rings. The van der Waals surface area contributed by atoms with Crippen molar-refractivity contribution in [3.05, 3.63) is 29.3 Å². The number of hydrogen-bond acceptors (Lipinski definition) is 4. The van der Waals surface area contributed by atoms with E-state index < -0.39 is 27.9 Å². The molecule has 3 N–H and O–H groups in total. The quantitative estimate of drug-likeness (QED) is 0.710. The van der Waals surface area contributed by atoms with Crippen molar-refractivity contribution in [1.29, 1.82) is 0 Å². The highest BCUT2D eigenvalue weighted by molar-refractivity contribution is 7.89. The van der Waals surface area contributed by atoms with Crippen LogP contribution in [-0.4, -0.2) is 37.5 Å². The Morgan fingerprint density at radius 2 is 1.95 bits per heavy atom. The van der Waals surface area contributed by atoms with Gasteiger partial charge in [-0.25, -0.2) is 13.1 Å². The van der Waals surface area contributed by atoms with Crippen LogP contribution in [0.4, 0.5) is 0 Å². The first-order chi connectivity index (χ1) is 10.2. The molecule has 0 heterocycles. The maximum atomic E-state index is 12.2. The lowest BCUT2D eigenvalue weighted by atomic mass is 10.1. The van der Waals surface area contributed by atoms with Gasteiger partial charge in [-0.05, 0) is 44.4 Å². The summed E-state index contributed by atoms with van der Waals surface area (Å²) in [6.07, 6.45) is 1.63. The first-order valence-electron chi connectivity index (χ1n) is 6.87. The van der Waals surface area contributed by atoms with Gasteiger partial charge in [0.25, 0.3) is 5.91 Å². The van der Waals surface area contributed by atoms with Crippen LogP contribution in [-0.2, 0) is 14.8 Å². The largest absolute Gasteiger partial charge is 0.480 e. The van der Waals surface area contributed by atoms with Gasteiger partial charge in [-0.3, -0.25) is 9.59 Å². The minimum Gasteiger partial charge on any atom is -0.480 e. The first kappa shape index (κ1) is 16.4. The Morgan fingerprint density at radius 1 is 1.32 bits per heavy atom. The third-order valence-electron chi connectivity index (χ3n) is 3.38. The number of carbonyl (C=O) groups excluding carboxylic acids is 1. The number of nitrogens with one attached hydrogen (secondary N) is 2. The first-order valence-corrected chi connectivity index (χ1v) is 8.35. The molecule has 0 bridgehead atoms. The number of benzene rings is 1. The third kappa shape index (κ3) is 3.83. The standard InChI is InChI=1S/C14H18N2O5S/c1-8-3-6-11(22(20,21)16-10-4-5-10)7-12(8)13(17)15-9(2)14(18)19/h3,6-7,9-10,16H,4-5H2,1-2H3,(H,15,17)(H,18,19)/t9-/m1/s1. The second kappa shape index (κ2) is 6.05. The zero-order valence-corrected chi connectivity index (χ0v) is 13.1. The fourth-order valence-corrected chi connectivity index (χ4v) is 3.17. The number of carbonyl (C=O) groups is 2. The summed E-state index contributed by atoms with van der Waals surface area (Å²) < 4.78 is 26.9. The van der Waals surface area contributed by atoms with Gasteiger partial charge in [0.1, 0.15) is 6.04 Å². The molecule has 8 heteroatoms. The van der Waals surface area contributed by atoms with Crippen molar-refractivity contribution in [3.63, 3.8) is 0 Å². The number of carboxylic acids is 1. The van der Waals surface area contributed by atoms with Crippen LogP contribution >= 0.6 is 0 Å². The molecule has 1 aliphatic carbocycles. The summed E-state index contributed by atoms with van der Waals surface area (Å²) in [7, 11) is -3.66. The van der Waals surface area contributed by atoms with Crippen LogP contribution in [0.3, 0.4) is 0 Å². The van der Waals surface area contributed by atoms with Crippen molar-refractivity contribution < 1.29 is 23.1 Å². The molecule has 1 amide bonds. The van der Waals surface area contributed by atoms with E-state index in [1.807, 2.05) is 0 Å². The zero-order chi connectivity index (χ0) is 16.5. The molecule has 0 spiro atoms. The molecule has 1 aromatic carbocycles. The van der Waals surface area contributed by atoms with Gasteiger partial charge in [-0.1, -0.05) is 6.07 Å². The topological polar surface area (TPSA) is 113 Å². The van der Waals surface area contributed by atoms with Crippen LogP contribution in [0.2, 0.25) is 0 Å². The highest BCUT2D eigenvalue weighted by Crippen LogP contribution is 2.23. The molecular weight excluding hydrogens is 308 g/mol. The molecular formula is C14H18N2O5S. The maximum absolute atomic E-state index is 12.2. The van der Waals surface area contributed by atoms with Crippen molar-refractivity contribution in [2.75, 3.05) is 0 Å². The molecule has 1 saturated carbocycles. The summed E-state index contributed by atoms with van der Waals surface area (Å²) in [5, 5.41) is 11.1. The molecule has 0 radical (unpaired) electrons. The second-order valence-electron chi connectivity index (χ2n) is 5.41. The van der Waals surface area contributed by atoms with Gasteiger partial charge >= 0.3 is 5.97 Å². The Hall–Kier alpha value is -1.93. The summed E-state index contributed by atoms with van der Waals surface area (Å²) in [5.41, 5.74) is 0.715. The monoisotopic (exact) mass is 326 g/mol. The minimum atomic E-state index is -3.66. The molecule has 1 fully saturated rings. The predicted molar refractivity (Wildman–Crippen MR) is 79.1 cm³/mol. The lowest BCUT2D eigenvalue weighted by molar-refractivity contribution is -0.138. The van der Waals surface area contributed by atoms with Crippen LogP contribution in [0.25, 0.3) is 0 Å². The van der Waals surface area contributed by atoms with E-state index in [9.17, 15) is 18.0 Å². The van der Waals surface area contributed by atoms with E-state index in [1.165, 1.54) is 25.1 Å². The molecule has 0 aliphatic heterocycles. The SMILES string of the molecule is Cc1ccc(S(=O)(=O)NC2CC2)cc1C(=O)N[C@H](C)C(=O)O. The van der Waals surface area contributed by atoms with Gasteiger partial charge < -0.3 is 10.4 Å². The van der Waals surface area contributed by atoms with Crippen molar-refractivity contribution in [3.8, 4) is 0 Å². The molecule has 2 rings (SSSR count). The van der Waals surface area contributed by atoms with Crippen molar-refractivity contribution in [1.82, 2.24) is 10.0 Å². The summed E-state index contributed by atoms with van der Waals surface area (Å²) in [6, 6.07) is 3.14. The van der Waals surface area contributed by atoms with Crippen LogP contribution in [0.15, 0.2) is 23.1 Å². The normalized spacial score (nSPS) is 16.1. The zero-order valence-electron chi connectivity index (χ0n) is 12.3. The summed E-state index contributed by atoms with van der Waals surface area (Å²) in [5.74, 6) is -1.78. The van der Waals surface area contributed by atoms with Gasteiger partial charge in [0.05, 0.1) is 4.90 Å². The van der Waals surface area contributed by atoms with Gasteiger partial charge in [-0.2, -0.15) is 0 Å². The number of rotatable bonds is 6. The van der Waals surface area contributed by atoms with Crippen LogP contribution in [0.5, 0.6) is 0 Å². The fourth-order valence-electron chi connectivity index (χ4n) is 1.84. The molecule has 22 heavy (non-hydrogen) atoms. The van der Waals surface area contributed by atoms with Gasteiger partial charge in [0, 0.05) is 11.6 Å². The average Bonchev–Trinajstić information content (AvgIpc) is 3.21. The second-order valence-corrected chi connectivity index (χ2v) is 7.12. The summed E-state index contributed by atoms with van der Waals surface area (Å²) in [4.78, 5) is 22.9. The average molecular weight is 326 g/mol. The molecule has 0 aromatic heterocycles. The number of aryl methyl sites for hydroxylation is 1. The number of sulfonamides is 1. The van der Waals surface area contributed by atoms with Crippen molar-refractivity contribution in [2.24, 2.45) is 0 Å². The predicted octanol–water partition coefficient (Wildman–Crippen LogP) is 0.639. The highest BCUT2D eigenvalue weighted by atomic mass is 32.2. The molecule has 120 valence electrons. The Balaban J connectivity index is 2.26. The maximum Gasteiger partial charge on any atom is 0.325 e. The summed E-state index contributed by atoms with van der Waals surface area (Å²) >= 11 is 0. The minimum absolute atomic E-state index is 0.00173. The Bertz CT molecular complexity index is 710. The van der Waals surface area contributed by atoms with Crippen LogP contribution in [0, 0.1) is 6.92 Å². The Labute approximate surface area is 128 Å². The molecule has 7 nitrogen and oxygen atoms in total. The lowest BCUT2D eigenvalue weighted by Gasteiger charge is -2.13.